The standard InChI is InChI=1S/C22H21ClN4O3S/c1-15-5-10-19(30-15)12-26(2)20(28)14-31-22-25-24-21(16-6-8-17(23)9-7-16)27(22)13-18-4-3-11-29-18/h3-11H,12-14H2,1-2H3. The lowest BCUT2D eigenvalue weighted by molar-refractivity contribution is -0.127. The van der Waals surface area contributed by atoms with Crippen LogP contribution >= 0.6 is 23.4 Å². The van der Waals surface area contributed by atoms with Gasteiger partial charge >= 0.3 is 0 Å². The predicted molar refractivity (Wildman–Crippen MR) is 119 cm³/mol. The molecule has 1 aromatic carbocycles. The van der Waals surface area contributed by atoms with Crippen LogP contribution in [0, 0.1) is 6.92 Å². The van der Waals surface area contributed by atoms with E-state index in [4.69, 9.17) is 20.4 Å². The summed E-state index contributed by atoms with van der Waals surface area (Å²) >= 11 is 7.36. The van der Waals surface area contributed by atoms with Crippen LogP contribution < -0.4 is 0 Å². The van der Waals surface area contributed by atoms with E-state index in [0.29, 0.717) is 29.1 Å². The number of hydrogen-bond donors (Lipinski definition) is 0. The van der Waals surface area contributed by atoms with Gasteiger partial charge in [-0.3, -0.25) is 9.36 Å². The summed E-state index contributed by atoms with van der Waals surface area (Å²) in [6.07, 6.45) is 1.63. The molecular formula is C22H21ClN4O3S. The number of halogens is 1. The van der Waals surface area contributed by atoms with E-state index >= 15 is 0 Å². The third-order valence-electron chi connectivity index (χ3n) is 4.65. The summed E-state index contributed by atoms with van der Waals surface area (Å²) in [5.41, 5.74) is 0.881. The smallest absolute Gasteiger partial charge is 0.233 e. The van der Waals surface area contributed by atoms with Crippen molar-refractivity contribution in [2.45, 2.75) is 25.2 Å². The van der Waals surface area contributed by atoms with Gasteiger partial charge in [0, 0.05) is 17.6 Å². The predicted octanol–water partition coefficient (Wildman–Crippen LogP) is 4.89. The summed E-state index contributed by atoms with van der Waals surface area (Å²) in [7, 11) is 1.76. The van der Waals surface area contributed by atoms with Gasteiger partial charge in [0.1, 0.15) is 17.3 Å². The van der Waals surface area contributed by atoms with Gasteiger partial charge in [-0.25, -0.2) is 0 Å². The van der Waals surface area contributed by atoms with E-state index in [9.17, 15) is 4.79 Å². The average Bonchev–Trinajstić information content (AvgIpc) is 3.50. The fourth-order valence-corrected chi connectivity index (χ4v) is 4.04. The van der Waals surface area contributed by atoms with Crippen molar-refractivity contribution in [1.82, 2.24) is 19.7 Å². The Labute approximate surface area is 189 Å². The zero-order valence-electron chi connectivity index (χ0n) is 17.1. The molecule has 3 aromatic heterocycles. The SMILES string of the molecule is Cc1ccc(CN(C)C(=O)CSc2nnc(-c3ccc(Cl)cc3)n2Cc2ccco2)o1. The van der Waals surface area contributed by atoms with Crippen molar-refractivity contribution in [3.8, 4) is 11.4 Å². The molecule has 0 aliphatic carbocycles. The summed E-state index contributed by atoms with van der Waals surface area (Å²) in [5.74, 6) is 3.23. The Morgan fingerprint density at radius 1 is 1.13 bits per heavy atom. The number of furan rings is 2. The Bertz CT molecular complexity index is 1150. The van der Waals surface area contributed by atoms with E-state index in [1.54, 1.807) is 18.2 Å². The maximum atomic E-state index is 12.6. The van der Waals surface area contributed by atoms with Crippen molar-refractivity contribution < 1.29 is 13.6 Å². The third-order valence-corrected chi connectivity index (χ3v) is 5.86. The molecule has 0 unspecified atom stereocenters. The largest absolute Gasteiger partial charge is 0.467 e. The van der Waals surface area contributed by atoms with Crippen LogP contribution in [-0.2, 0) is 17.9 Å². The average molecular weight is 457 g/mol. The second kappa shape index (κ2) is 9.45. The van der Waals surface area contributed by atoms with E-state index in [2.05, 4.69) is 10.2 Å². The van der Waals surface area contributed by atoms with Crippen LogP contribution in [0.15, 0.2) is 68.8 Å². The maximum Gasteiger partial charge on any atom is 0.233 e. The number of nitrogens with zero attached hydrogens (tertiary/aromatic N) is 4. The van der Waals surface area contributed by atoms with Crippen LogP contribution in [0.25, 0.3) is 11.4 Å². The topological polar surface area (TPSA) is 77.3 Å². The molecule has 3 heterocycles. The summed E-state index contributed by atoms with van der Waals surface area (Å²) in [6.45, 7) is 2.75. The van der Waals surface area contributed by atoms with Crippen molar-refractivity contribution in [2.24, 2.45) is 0 Å². The molecular weight excluding hydrogens is 436 g/mol. The molecule has 0 N–H and O–H groups in total. The van der Waals surface area contributed by atoms with Gasteiger partial charge in [-0.2, -0.15) is 0 Å². The molecule has 0 aliphatic rings. The van der Waals surface area contributed by atoms with Gasteiger partial charge in [0.15, 0.2) is 11.0 Å². The molecule has 0 aliphatic heterocycles. The zero-order valence-corrected chi connectivity index (χ0v) is 18.7. The molecule has 0 fully saturated rings. The van der Waals surface area contributed by atoms with Crippen molar-refractivity contribution in [3.05, 3.63) is 77.1 Å². The minimum Gasteiger partial charge on any atom is -0.467 e. The molecule has 7 nitrogen and oxygen atoms in total. The van der Waals surface area contributed by atoms with Gasteiger partial charge in [0.2, 0.25) is 5.91 Å². The van der Waals surface area contributed by atoms with E-state index in [0.717, 1.165) is 22.8 Å². The quantitative estimate of drug-likeness (QED) is 0.351. The Kier molecular flexibility index (Phi) is 6.48. The Hall–Kier alpha value is -2.97. The molecule has 0 atom stereocenters. The molecule has 4 aromatic rings. The second-order valence-electron chi connectivity index (χ2n) is 7.03. The van der Waals surface area contributed by atoms with Crippen LogP contribution in [0.3, 0.4) is 0 Å². The summed E-state index contributed by atoms with van der Waals surface area (Å²) < 4.78 is 13.0. The van der Waals surface area contributed by atoms with Crippen molar-refractivity contribution in [1.29, 1.82) is 0 Å². The van der Waals surface area contributed by atoms with Crippen LogP contribution in [0.2, 0.25) is 5.02 Å². The first-order valence-electron chi connectivity index (χ1n) is 9.63. The Morgan fingerprint density at radius 2 is 1.94 bits per heavy atom. The number of hydrogen-bond acceptors (Lipinski definition) is 6. The van der Waals surface area contributed by atoms with Crippen molar-refractivity contribution in [2.75, 3.05) is 12.8 Å². The molecule has 9 heteroatoms. The first-order valence-corrected chi connectivity index (χ1v) is 11.0. The second-order valence-corrected chi connectivity index (χ2v) is 8.41. The van der Waals surface area contributed by atoms with Crippen LogP contribution in [0.5, 0.6) is 0 Å². The summed E-state index contributed by atoms with van der Waals surface area (Å²) in [6, 6.07) is 14.9. The summed E-state index contributed by atoms with van der Waals surface area (Å²) in [4.78, 5) is 14.3. The lowest BCUT2D eigenvalue weighted by Crippen LogP contribution is -2.27. The normalized spacial score (nSPS) is 11.1. The molecule has 1 amide bonds. The van der Waals surface area contributed by atoms with Gasteiger partial charge < -0.3 is 13.7 Å². The molecule has 160 valence electrons. The molecule has 0 spiro atoms. The highest BCUT2D eigenvalue weighted by atomic mass is 35.5. The lowest BCUT2D eigenvalue weighted by atomic mass is 10.2. The van der Waals surface area contributed by atoms with Gasteiger partial charge in [-0.1, -0.05) is 23.4 Å². The van der Waals surface area contributed by atoms with Crippen LogP contribution in [0.4, 0.5) is 0 Å². The number of benzene rings is 1. The minimum absolute atomic E-state index is 0.0281. The first kappa shape index (κ1) is 21.3. The number of aryl methyl sites for hydroxylation is 1. The van der Waals surface area contributed by atoms with Gasteiger partial charge in [0.25, 0.3) is 0 Å². The van der Waals surface area contributed by atoms with Crippen LogP contribution in [0.1, 0.15) is 17.3 Å². The molecule has 0 radical (unpaired) electrons. The number of rotatable bonds is 8. The highest BCUT2D eigenvalue weighted by Crippen LogP contribution is 2.26. The molecule has 0 bridgehead atoms. The lowest BCUT2D eigenvalue weighted by Gasteiger charge is -2.15. The molecule has 0 saturated heterocycles. The number of thioether (sulfide) groups is 1. The van der Waals surface area contributed by atoms with Crippen LogP contribution in [-0.4, -0.2) is 38.4 Å². The van der Waals surface area contributed by atoms with Crippen molar-refractivity contribution in [3.63, 3.8) is 0 Å². The van der Waals surface area contributed by atoms with Gasteiger partial charge in [0.05, 0.1) is 25.1 Å². The highest BCUT2D eigenvalue weighted by molar-refractivity contribution is 7.99. The maximum absolute atomic E-state index is 12.6. The Balaban J connectivity index is 1.50. The number of carbonyl (C=O) groups excluding carboxylic acids is 1. The van der Waals surface area contributed by atoms with E-state index in [1.807, 2.05) is 60.0 Å². The van der Waals surface area contributed by atoms with Gasteiger partial charge in [-0.15, -0.1) is 10.2 Å². The Morgan fingerprint density at radius 3 is 2.61 bits per heavy atom. The van der Waals surface area contributed by atoms with E-state index in [1.165, 1.54) is 11.8 Å². The first-order chi connectivity index (χ1) is 15.0. The van der Waals surface area contributed by atoms with E-state index < -0.39 is 0 Å². The monoisotopic (exact) mass is 456 g/mol. The fourth-order valence-electron chi connectivity index (χ4n) is 3.04. The number of carbonyl (C=O) groups is 1. The zero-order chi connectivity index (χ0) is 21.8. The van der Waals surface area contributed by atoms with Crippen molar-refractivity contribution >= 4 is 29.3 Å². The fraction of sp³-hybridized carbons (Fsp3) is 0.227. The molecule has 0 saturated carbocycles. The number of aromatic nitrogens is 3. The molecule has 4 rings (SSSR count). The van der Waals surface area contributed by atoms with Gasteiger partial charge in [-0.05, 0) is 55.5 Å². The number of amides is 1. The third kappa shape index (κ3) is 5.21. The minimum atomic E-state index is -0.0281. The highest BCUT2D eigenvalue weighted by Gasteiger charge is 2.18. The van der Waals surface area contributed by atoms with E-state index in [-0.39, 0.29) is 11.7 Å². The summed E-state index contributed by atoms with van der Waals surface area (Å²) in [5, 5.41) is 9.97. The molecule has 31 heavy (non-hydrogen) atoms.